The fourth-order valence-electron chi connectivity index (χ4n) is 1.62. The van der Waals surface area contributed by atoms with Gasteiger partial charge in [-0.1, -0.05) is 0 Å². The van der Waals surface area contributed by atoms with Gasteiger partial charge >= 0.3 is 0 Å². The van der Waals surface area contributed by atoms with E-state index in [0.717, 1.165) is 25.5 Å². The molecule has 0 spiro atoms. The predicted octanol–water partition coefficient (Wildman–Crippen LogP) is 1.53. The molecule has 0 aliphatic carbocycles. The van der Waals surface area contributed by atoms with Crippen molar-refractivity contribution in [3.8, 4) is 0 Å². The molecule has 1 aromatic heterocycles. The predicted molar refractivity (Wildman–Crippen MR) is 56.0 cm³/mol. The van der Waals surface area contributed by atoms with Crippen LogP contribution in [0.15, 0.2) is 6.07 Å². The van der Waals surface area contributed by atoms with Crippen molar-refractivity contribution in [2.24, 2.45) is 0 Å². The summed E-state index contributed by atoms with van der Waals surface area (Å²) in [6.07, 6.45) is 2.01. The lowest BCUT2D eigenvalue weighted by atomic mass is 10.2. The Morgan fingerprint density at radius 2 is 2.31 bits per heavy atom. The van der Waals surface area contributed by atoms with Gasteiger partial charge in [0.25, 0.3) is 0 Å². The van der Waals surface area contributed by atoms with Crippen LogP contribution >= 0.6 is 0 Å². The van der Waals surface area contributed by atoms with Crippen LogP contribution in [0.25, 0.3) is 0 Å². The van der Waals surface area contributed by atoms with Crippen molar-refractivity contribution in [2.75, 3.05) is 24.2 Å². The van der Waals surface area contributed by atoms with E-state index in [1.807, 2.05) is 0 Å². The molecule has 1 aromatic rings. The first-order valence-corrected chi connectivity index (χ1v) is 5.14. The minimum atomic E-state index is -0.847. The Morgan fingerprint density at radius 3 is 3.00 bits per heavy atom. The largest absolute Gasteiger partial charge is 0.381 e. The molecule has 2 rings (SSSR count). The van der Waals surface area contributed by atoms with Gasteiger partial charge in [-0.15, -0.1) is 0 Å². The van der Waals surface area contributed by atoms with Crippen molar-refractivity contribution in [1.29, 1.82) is 0 Å². The lowest BCUT2D eigenvalue weighted by Crippen LogP contribution is -2.20. The van der Waals surface area contributed by atoms with E-state index in [1.165, 1.54) is 0 Å². The molecule has 1 aliphatic heterocycles. The number of halogens is 2. The summed E-state index contributed by atoms with van der Waals surface area (Å²) in [4.78, 5) is 3.59. The van der Waals surface area contributed by atoms with Crippen molar-refractivity contribution in [3.05, 3.63) is 17.7 Å². The van der Waals surface area contributed by atoms with Crippen LogP contribution in [0, 0.1) is 11.6 Å². The van der Waals surface area contributed by atoms with Gasteiger partial charge in [0, 0.05) is 19.2 Å². The van der Waals surface area contributed by atoms with Crippen LogP contribution in [-0.2, 0) is 4.74 Å². The van der Waals surface area contributed by atoms with Gasteiger partial charge in [0.05, 0.1) is 6.10 Å². The average Bonchev–Trinajstić information content (AvgIpc) is 2.74. The number of nitrogen functional groups attached to an aromatic ring is 1. The number of rotatable bonds is 3. The zero-order valence-corrected chi connectivity index (χ0v) is 8.67. The van der Waals surface area contributed by atoms with Gasteiger partial charge in [-0.2, -0.15) is 0 Å². The van der Waals surface area contributed by atoms with Crippen molar-refractivity contribution >= 4 is 11.6 Å². The lowest BCUT2D eigenvalue weighted by Gasteiger charge is -2.12. The monoisotopic (exact) mass is 229 g/mol. The minimum Gasteiger partial charge on any atom is -0.381 e. The van der Waals surface area contributed by atoms with Crippen LogP contribution in [0.2, 0.25) is 0 Å². The van der Waals surface area contributed by atoms with Crippen LogP contribution in [0.4, 0.5) is 20.4 Å². The van der Waals surface area contributed by atoms with Crippen molar-refractivity contribution < 1.29 is 13.5 Å². The molecule has 1 aliphatic rings. The third kappa shape index (κ3) is 2.38. The van der Waals surface area contributed by atoms with Crippen molar-refractivity contribution in [1.82, 2.24) is 4.98 Å². The number of nitrogens with two attached hydrogens (primary N) is 1. The van der Waals surface area contributed by atoms with Crippen LogP contribution in [-0.4, -0.2) is 24.2 Å². The Hall–Kier alpha value is -1.43. The summed E-state index contributed by atoms with van der Waals surface area (Å²) in [5, 5.41) is 2.77. The zero-order chi connectivity index (χ0) is 11.5. The Kier molecular flexibility index (Phi) is 3.19. The van der Waals surface area contributed by atoms with E-state index < -0.39 is 11.6 Å². The smallest absolute Gasteiger partial charge is 0.168 e. The highest BCUT2D eigenvalue weighted by molar-refractivity contribution is 5.44. The first kappa shape index (κ1) is 11.1. The topological polar surface area (TPSA) is 60.2 Å². The van der Waals surface area contributed by atoms with Gasteiger partial charge in [-0.25, -0.2) is 13.8 Å². The van der Waals surface area contributed by atoms with E-state index in [1.54, 1.807) is 0 Å². The van der Waals surface area contributed by atoms with Gasteiger partial charge in [0.1, 0.15) is 0 Å². The third-order valence-corrected chi connectivity index (χ3v) is 2.48. The summed E-state index contributed by atoms with van der Waals surface area (Å²) < 4.78 is 31.4. The maximum Gasteiger partial charge on any atom is 0.168 e. The van der Waals surface area contributed by atoms with Gasteiger partial charge in [0.2, 0.25) is 0 Å². The molecule has 0 amide bonds. The van der Waals surface area contributed by atoms with Gasteiger partial charge in [-0.05, 0) is 12.8 Å². The van der Waals surface area contributed by atoms with Crippen LogP contribution < -0.4 is 11.1 Å². The number of hydrogen-bond donors (Lipinski definition) is 2. The Morgan fingerprint density at radius 1 is 1.50 bits per heavy atom. The quantitative estimate of drug-likeness (QED) is 0.825. The number of nitrogens with one attached hydrogen (secondary N) is 1. The molecule has 4 nitrogen and oxygen atoms in total. The summed E-state index contributed by atoms with van der Waals surface area (Å²) in [5.41, 5.74) is 5.25. The highest BCUT2D eigenvalue weighted by atomic mass is 19.1. The highest BCUT2D eigenvalue weighted by Gasteiger charge is 2.16. The molecule has 88 valence electrons. The van der Waals surface area contributed by atoms with Crippen molar-refractivity contribution in [2.45, 2.75) is 18.9 Å². The molecule has 0 saturated carbocycles. The second kappa shape index (κ2) is 4.61. The molecule has 6 heteroatoms. The summed E-state index contributed by atoms with van der Waals surface area (Å²) in [6, 6.07) is 0.722. The highest BCUT2D eigenvalue weighted by Crippen LogP contribution is 2.18. The first-order valence-electron chi connectivity index (χ1n) is 5.14. The number of ether oxygens (including phenoxy) is 1. The minimum absolute atomic E-state index is 0.0330. The fourth-order valence-corrected chi connectivity index (χ4v) is 1.62. The van der Waals surface area contributed by atoms with E-state index in [-0.39, 0.29) is 17.7 Å². The van der Waals surface area contributed by atoms with E-state index in [0.29, 0.717) is 6.54 Å². The van der Waals surface area contributed by atoms with E-state index in [9.17, 15) is 8.78 Å². The average molecular weight is 229 g/mol. The molecule has 0 aromatic carbocycles. The summed E-state index contributed by atoms with van der Waals surface area (Å²) >= 11 is 0. The molecule has 2 heterocycles. The Bertz CT molecular complexity index is 381. The van der Waals surface area contributed by atoms with Crippen LogP contribution in [0.5, 0.6) is 0 Å². The van der Waals surface area contributed by atoms with Gasteiger partial charge in [-0.3, -0.25) is 0 Å². The zero-order valence-electron chi connectivity index (χ0n) is 8.67. The number of aromatic nitrogens is 1. The molecule has 0 bridgehead atoms. The molecule has 1 saturated heterocycles. The Balaban J connectivity index is 2.00. The second-order valence-corrected chi connectivity index (χ2v) is 3.70. The molecule has 0 radical (unpaired) electrons. The summed E-state index contributed by atoms with van der Waals surface area (Å²) in [6.45, 7) is 1.18. The van der Waals surface area contributed by atoms with Gasteiger partial charge in [0.15, 0.2) is 23.3 Å². The number of hydrogen-bond acceptors (Lipinski definition) is 4. The molecule has 1 unspecified atom stereocenters. The number of nitrogens with zero attached hydrogens (tertiary/aromatic N) is 1. The van der Waals surface area contributed by atoms with Crippen LogP contribution in [0.3, 0.4) is 0 Å². The first-order chi connectivity index (χ1) is 7.66. The molecule has 3 N–H and O–H groups in total. The number of anilines is 2. The summed E-state index contributed by atoms with van der Waals surface area (Å²) in [5.74, 6) is -1.93. The van der Waals surface area contributed by atoms with E-state index in [4.69, 9.17) is 10.5 Å². The lowest BCUT2D eigenvalue weighted by molar-refractivity contribution is 0.120. The molecule has 1 fully saturated rings. The van der Waals surface area contributed by atoms with E-state index in [2.05, 4.69) is 10.3 Å². The van der Waals surface area contributed by atoms with Crippen molar-refractivity contribution in [3.63, 3.8) is 0 Å². The molecular formula is C10H13F2N3O. The molecule has 16 heavy (non-hydrogen) atoms. The fraction of sp³-hybridized carbons (Fsp3) is 0.500. The Labute approximate surface area is 91.8 Å². The van der Waals surface area contributed by atoms with Crippen LogP contribution in [0.1, 0.15) is 12.8 Å². The number of pyridine rings is 1. The maximum absolute atomic E-state index is 13.2. The summed E-state index contributed by atoms with van der Waals surface area (Å²) in [7, 11) is 0. The molecular weight excluding hydrogens is 216 g/mol. The SMILES string of the molecule is Nc1nc(NCC2CCCO2)c(F)cc1F. The second-order valence-electron chi connectivity index (χ2n) is 3.70. The maximum atomic E-state index is 13.2. The molecule has 1 atom stereocenters. The van der Waals surface area contributed by atoms with E-state index >= 15 is 0 Å². The third-order valence-electron chi connectivity index (χ3n) is 2.48. The normalized spacial score (nSPS) is 20.0. The van der Waals surface area contributed by atoms with Gasteiger partial charge < -0.3 is 15.8 Å². The standard InChI is InChI=1S/C10H13F2N3O/c11-7-4-8(12)10(15-9(7)13)14-5-6-2-1-3-16-6/h4,6H,1-3,5H2,(H3,13,14,15).